The highest BCUT2D eigenvalue weighted by Crippen LogP contribution is 2.45. The molecule has 1 amide bonds. The van der Waals surface area contributed by atoms with Crippen LogP contribution in [0.5, 0.6) is 5.75 Å². The number of nitrogens with zero attached hydrogens (tertiary/aromatic N) is 2. The topological polar surface area (TPSA) is 59.1 Å². The van der Waals surface area contributed by atoms with Gasteiger partial charge >= 0.3 is 5.97 Å². The van der Waals surface area contributed by atoms with Crippen LogP contribution in [0.3, 0.4) is 0 Å². The van der Waals surface area contributed by atoms with Crippen molar-refractivity contribution < 1.29 is 19.1 Å². The van der Waals surface area contributed by atoms with Crippen molar-refractivity contribution in [1.82, 2.24) is 4.90 Å². The SMILES string of the molecule is COc1ccc(C2=C(OC(C)=O)C(=O)N(CCN(C)C)c3ccccc3S2)cc1. The van der Waals surface area contributed by atoms with Gasteiger partial charge in [-0.25, -0.2) is 0 Å². The quantitative estimate of drug-likeness (QED) is 0.676. The summed E-state index contributed by atoms with van der Waals surface area (Å²) >= 11 is 1.42. The molecule has 0 unspecified atom stereocenters. The third-order valence-corrected chi connectivity index (χ3v) is 5.57. The van der Waals surface area contributed by atoms with Crippen molar-refractivity contribution in [3.8, 4) is 5.75 Å². The van der Waals surface area contributed by atoms with Crippen molar-refractivity contribution in [2.75, 3.05) is 39.2 Å². The highest BCUT2D eigenvalue weighted by molar-refractivity contribution is 8.08. The summed E-state index contributed by atoms with van der Waals surface area (Å²) in [5, 5.41) is 0. The van der Waals surface area contributed by atoms with Crippen LogP contribution in [0.2, 0.25) is 0 Å². The lowest BCUT2D eigenvalue weighted by Gasteiger charge is -2.25. The smallest absolute Gasteiger partial charge is 0.308 e. The van der Waals surface area contributed by atoms with Gasteiger partial charge in [-0.15, -0.1) is 0 Å². The zero-order valence-electron chi connectivity index (χ0n) is 17.0. The second kappa shape index (κ2) is 9.15. The molecular formula is C22H24N2O4S. The first-order chi connectivity index (χ1) is 13.9. The first-order valence-electron chi connectivity index (χ1n) is 9.21. The molecule has 0 bridgehead atoms. The molecule has 0 saturated heterocycles. The highest BCUT2D eigenvalue weighted by Gasteiger charge is 2.32. The minimum atomic E-state index is -0.529. The maximum Gasteiger partial charge on any atom is 0.308 e. The Morgan fingerprint density at radius 2 is 1.79 bits per heavy atom. The highest BCUT2D eigenvalue weighted by atomic mass is 32.2. The van der Waals surface area contributed by atoms with Gasteiger partial charge in [0.05, 0.1) is 17.7 Å². The molecule has 2 aromatic carbocycles. The van der Waals surface area contributed by atoms with E-state index in [0.29, 0.717) is 23.7 Å². The zero-order chi connectivity index (χ0) is 21.0. The van der Waals surface area contributed by atoms with Crippen molar-refractivity contribution in [3.05, 3.63) is 59.9 Å². The number of methoxy groups -OCH3 is 1. The summed E-state index contributed by atoms with van der Waals surface area (Å²) < 4.78 is 10.7. The van der Waals surface area contributed by atoms with E-state index in [2.05, 4.69) is 0 Å². The molecular weight excluding hydrogens is 388 g/mol. The van der Waals surface area contributed by atoms with Crippen LogP contribution in [0.4, 0.5) is 5.69 Å². The van der Waals surface area contributed by atoms with Crippen LogP contribution in [0.25, 0.3) is 4.91 Å². The Morgan fingerprint density at radius 3 is 2.41 bits per heavy atom. The summed E-state index contributed by atoms with van der Waals surface area (Å²) in [6.07, 6.45) is 0. The molecule has 0 aromatic heterocycles. The molecule has 1 aliphatic heterocycles. The van der Waals surface area contributed by atoms with Crippen LogP contribution in [-0.4, -0.2) is 51.1 Å². The first-order valence-corrected chi connectivity index (χ1v) is 10.0. The summed E-state index contributed by atoms with van der Waals surface area (Å²) in [7, 11) is 5.50. The Bertz CT molecular complexity index is 938. The normalized spacial score (nSPS) is 14.0. The predicted octanol–water partition coefficient (Wildman–Crippen LogP) is 3.63. The van der Waals surface area contributed by atoms with Gasteiger partial charge in [0.15, 0.2) is 0 Å². The van der Waals surface area contributed by atoms with Crippen molar-refractivity contribution in [1.29, 1.82) is 0 Å². The average molecular weight is 413 g/mol. The van der Waals surface area contributed by atoms with Gasteiger partial charge < -0.3 is 19.3 Å². The summed E-state index contributed by atoms with van der Waals surface area (Å²) in [5.41, 5.74) is 1.59. The van der Waals surface area contributed by atoms with E-state index < -0.39 is 5.97 Å². The third-order valence-electron chi connectivity index (χ3n) is 4.38. The van der Waals surface area contributed by atoms with Gasteiger partial charge in [0.25, 0.3) is 5.91 Å². The van der Waals surface area contributed by atoms with Crippen LogP contribution in [0, 0.1) is 0 Å². The van der Waals surface area contributed by atoms with E-state index in [1.165, 1.54) is 18.7 Å². The van der Waals surface area contributed by atoms with E-state index >= 15 is 0 Å². The van der Waals surface area contributed by atoms with Crippen molar-refractivity contribution in [2.45, 2.75) is 11.8 Å². The predicted molar refractivity (Wildman–Crippen MR) is 115 cm³/mol. The lowest BCUT2D eigenvalue weighted by molar-refractivity contribution is -0.140. The number of carbonyl (C=O) groups is 2. The fraction of sp³-hybridized carbons (Fsp3) is 0.273. The van der Waals surface area contributed by atoms with E-state index in [4.69, 9.17) is 9.47 Å². The number of anilines is 1. The number of esters is 1. The molecule has 0 aliphatic carbocycles. The van der Waals surface area contributed by atoms with Gasteiger partial charge in [0.1, 0.15) is 5.75 Å². The number of likely N-dealkylation sites (N-methyl/N-ethyl adjacent to an activating group) is 1. The van der Waals surface area contributed by atoms with Crippen LogP contribution in [-0.2, 0) is 14.3 Å². The molecule has 6 nitrogen and oxygen atoms in total. The molecule has 2 aromatic rings. The second-order valence-corrected chi connectivity index (χ2v) is 7.86. The van der Waals surface area contributed by atoms with Crippen LogP contribution in [0.15, 0.2) is 59.2 Å². The van der Waals surface area contributed by atoms with Gasteiger partial charge in [-0.1, -0.05) is 36.0 Å². The second-order valence-electron chi connectivity index (χ2n) is 6.81. The van der Waals surface area contributed by atoms with Crippen molar-refractivity contribution in [2.24, 2.45) is 0 Å². The Labute approximate surface area is 175 Å². The molecule has 0 radical (unpaired) electrons. The summed E-state index contributed by atoms with van der Waals surface area (Å²) in [6.45, 7) is 2.46. The van der Waals surface area contributed by atoms with Crippen LogP contribution < -0.4 is 9.64 Å². The van der Waals surface area contributed by atoms with Gasteiger partial charge in [-0.2, -0.15) is 0 Å². The fourth-order valence-electron chi connectivity index (χ4n) is 2.94. The maximum absolute atomic E-state index is 13.5. The average Bonchev–Trinajstić information content (AvgIpc) is 2.81. The Morgan fingerprint density at radius 1 is 1.10 bits per heavy atom. The van der Waals surface area contributed by atoms with Crippen molar-refractivity contribution >= 4 is 34.2 Å². The fourth-order valence-corrected chi connectivity index (χ4v) is 4.06. The summed E-state index contributed by atoms with van der Waals surface area (Å²) in [6, 6.07) is 15.1. The lowest BCUT2D eigenvalue weighted by Crippen LogP contribution is -2.38. The van der Waals surface area contributed by atoms with E-state index in [-0.39, 0.29) is 11.7 Å². The van der Waals surface area contributed by atoms with E-state index in [1.807, 2.05) is 67.5 Å². The number of fused-ring (bicyclic) bond motifs is 1. The van der Waals surface area contributed by atoms with Gasteiger partial charge in [0, 0.05) is 24.9 Å². The number of ether oxygens (including phenoxy) is 2. The number of benzene rings is 2. The summed E-state index contributed by atoms with van der Waals surface area (Å²) in [5.74, 6) is -0.104. The molecule has 0 fully saturated rings. The minimum absolute atomic E-state index is 0.0441. The molecule has 0 spiro atoms. The van der Waals surface area contributed by atoms with Crippen molar-refractivity contribution in [3.63, 3.8) is 0 Å². The molecule has 0 saturated carbocycles. The van der Waals surface area contributed by atoms with Crippen LogP contribution in [0.1, 0.15) is 12.5 Å². The number of para-hydroxylation sites is 1. The van der Waals surface area contributed by atoms with Gasteiger partial charge in [-0.3, -0.25) is 9.59 Å². The Kier molecular flexibility index (Phi) is 6.61. The number of hydrogen-bond acceptors (Lipinski definition) is 6. The molecule has 1 aliphatic rings. The van der Waals surface area contributed by atoms with Gasteiger partial charge in [0.2, 0.25) is 5.76 Å². The number of carbonyl (C=O) groups excluding carboxylic acids is 2. The number of hydrogen-bond donors (Lipinski definition) is 0. The minimum Gasteiger partial charge on any atom is -0.497 e. The number of amides is 1. The summed E-state index contributed by atoms with van der Waals surface area (Å²) in [4.78, 5) is 30.5. The molecule has 152 valence electrons. The Hall–Kier alpha value is -2.77. The molecule has 0 N–H and O–H groups in total. The van der Waals surface area contributed by atoms with E-state index in [0.717, 1.165) is 16.1 Å². The Balaban J connectivity index is 2.15. The zero-order valence-corrected chi connectivity index (χ0v) is 17.8. The van der Waals surface area contributed by atoms with E-state index in [9.17, 15) is 9.59 Å². The van der Waals surface area contributed by atoms with Gasteiger partial charge in [-0.05, 0) is 43.9 Å². The standard InChI is InChI=1S/C22H24N2O4S/c1-15(25)28-20-21(16-9-11-17(27-4)12-10-16)29-19-8-6-5-7-18(19)24(22(20)26)14-13-23(2)3/h5-12H,13-14H2,1-4H3. The maximum atomic E-state index is 13.5. The molecule has 7 heteroatoms. The monoisotopic (exact) mass is 412 g/mol. The number of rotatable bonds is 6. The van der Waals surface area contributed by atoms with E-state index in [1.54, 1.807) is 12.0 Å². The molecule has 0 atom stereocenters. The molecule has 3 rings (SSSR count). The number of thioether (sulfide) groups is 1. The van der Waals surface area contributed by atoms with Crippen LogP contribution >= 0.6 is 11.8 Å². The molecule has 29 heavy (non-hydrogen) atoms. The lowest BCUT2D eigenvalue weighted by atomic mass is 10.1. The third kappa shape index (κ3) is 4.81. The first kappa shape index (κ1) is 21.0. The largest absolute Gasteiger partial charge is 0.497 e. The molecule has 1 heterocycles.